The number of ether oxygens (including phenoxy) is 2. The van der Waals surface area contributed by atoms with E-state index in [9.17, 15) is 13.2 Å². The van der Waals surface area contributed by atoms with Crippen LogP contribution < -0.4 is 0 Å². The lowest BCUT2D eigenvalue weighted by Crippen LogP contribution is -2.58. The molecule has 1 aromatic rings. The minimum atomic E-state index is -3.79. The Hall–Kier alpha value is -1.28. The van der Waals surface area contributed by atoms with E-state index in [0.29, 0.717) is 41.8 Å². The van der Waals surface area contributed by atoms with Gasteiger partial charge in [-0.15, -0.1) is 0 Å². The Balaban J connectivity index is 1.08. The summed E-state index contributed by atoms with van der Waals surface area (Å²) in [4.78, 5) is 14.5. The molecule has 1 spiro atoms. The van der Waals surface area contributed by atoms with Crippen molar-refractivity contribution in [3.05, 3.63) is 29.8 Å². The molecule has 4 aliphatic carbocycles. The molecule has 41 heavy (non-hydrogen) atoms. The molecule has 0 amide bonds. The van der Waals surface area contributed by atoms with Crippen LogP contribution in [0.5, 0.6) is 0 Å². The molecule has 7 heteroatoms. The molecule has 6 aliphatic rings. The first-order chi connectivity index (χ1) is 19.4. The number of ketones is 1. The minimum absolute atomic E-state index is 0.0431. The second kappa shape index (κ2) is 9.61. The van der Waals surface area contributed by atoms with Crippen LogP contribution in [-0.2, 0) is 28.6 Å². The van der Waals surface area contributed by atoms with E-state index in [1.54, 1.807) is 12.1 Å². The largest absolute Gasteiger partial charge is 0.349 e. The molecule has 0 radical (unpaired) electrons. The van der Waals surface area contributed by atoms with Crippen molar-refractivity contribution >= 4 is 15.9 Å². The number of rotatable bonds is 3. The summed E-state index contributed by atoms with van der Waals surface area (Å²) in [6.07, 6.45) is 8.09. The van der Waals surface area contributed by atoms with E-state index in [2.05, 4.69) is 27.7 Å². The van der Waals surface area contributed by atoms with Crippen LogP contribution in [-0.4, -0.2) is 38.8 Å². The first-order valence-corrected chi connectivity index (χ1v) is 17.6. The van der Waals surface area contributed by atoms with Gasteiger partial charge >= 0.3 is 0 Å². The molecule has 6 nitrogen and oxygen atoms in total. The maximum atomic E-state index is 14.3. The van der Waals surface area contributed by atoms with Crippen LogP contribution in [0, 0.1) is 59.2 Å². The summed E-state index contributed by atoms with van der Waals surface area (Å²) in [6, 6.07) is 6.90. The van der Waals surface area contributed by atoms with Crippen molar-refractivity contribution in [1.82, 2.24) is 0 Å². The molecular weight excluding hydrogens is 536 g/mol. The van der Waals surface area contributed by atoms with E-state index in [1.165, 1.54) is 0 Å². The van der Waals surface area contributed by atoms with Gasteiger partial charge in [-0.3, -0.25) is 8.98 Å². The Kier molecular flexibility index (Phi) is 6.68. The van der Waals surface area contributed by atoms with Gasteiger partial charge in [-0.1, -0.05) is 45.4 Å². The molecule has 7 rings (SSSR count). The van der Waals surface area contributed by atoms with E-state index < -0.39 is 15.9 Å². The molecule has 6 fully saturated rings. The highest BCUT2D eigenvalue weighted by molar-refractivity contribution is 7.86. The number of Topliss-reactive ketones (excluding diaryl/α,β-unsaturated/α-hetero) is 1. The molecule has 2 heterocycles. The predicted molar refractivity (Wildman–Crippen MR) is 155 cm³/mol. The highest BCUT2D eigenvalue weighted by Crippen LogP contribution is 2.70. The van der Waals surface area contributed by atoms with E-state index >= 15 is 0 Å². The smallest absolute Gasteiger partial charge is 0.297 e. The van der Waals surface area contributed by atoms with Crippen molar-refractivity contribution < 1.29 is 26.9 Å². The van der Waals surface area contributed by atoms with Crippen LogP contribution in [0.4, 0.5) is 0 Å². The lowest BCUT2D eigenvalue weighted by molar-refractivity contribution is -0.272. The quantitative estimate of drug-likeness (QED) is 0.368. The Labute approximate surface area is 246 Å². The summed E-state index contributed by atoms with van der Waals surface area (Å²) < 4.78 is 45.2. The fourth-order valence-electron chi connectivity index (χ4n) is 10.9. The zero-order chi connectivity index (χ0) is 28.9. The second-order valence-electron chi connectivity index (χ2n) is 15.3. The number of carbonyl (C=O) groups is 1. The minimum Gasteiger partial charge on any atom is -0.349 e. The summed E-state index contributed by atoms with van der Waals surface area (Å²) in [7, 11) is -3.79. The molecule has 0 unspecified atom stereocenters. The molecule has 0 aromatic heterocycles. The van der Waals surface area contributed by atoms with Gasteiger partial charge in [0.1, 0.15) is 5.78 Å². The van der Waals surface area contributed by atoms with Crippen molar-refractivity contribution in [2.24, 2.45) is 52.3 Å². The van der Waals surface area contributed by atoms with Crippen molar-refractivity contribution in [2.45, 2.75) is 115 Å². The molecule has 4 saturated carbocycles. The molecular formula is C34H48O6S. The van der Waals surface area contributed by atoms with Crippen molar-refractivity contribution in [3.8, 4) is 0 Å². The normalized spacial score (nSPS) is 49.3. The molecule has 1 aromatic carbocycles. The zero-order valence-electron chi connectivity index (χ0n) is 25.4. The standard InChI is InChI=1S/C34H48O6S/c1-20-6-9-25(10-7-20)41(36,37)40-24-13-14-32(4)23(16-24)8-11-26-27(32)18-30(35)33(5)28(26)17-29-31(33)22(3)34(39-29)15-12-21(2)19-38-34/h6-7,9-10,21-24,26-29,31H,8,11-19H2,1-5H3/t21-,22-,23-,24+,26-,27+,28+,29-,31+,32-,33-,34+/m0/s1. The Morgan fingerprint density at radius 2 is 1.71 bits per heavy atom. The second-order valence-corrected chi connectivity index (χ2v) is 16.9. The van der Waals surface area contributed by atoms with Gasteiger partial charge in [0.15, 0.2) is 5.79 Å². The van der Waals surface area contributed by atoms with Crippen molar-refractivity contribution in [3.63, 3.8) is 0 Å². The number of aryl methyl sites for hydroxylation is 1. The number of carbonyl (C=O) groups excluding carboxylic acids is 1. The monoisotopic (exact) mass is 584 g/mol. The first kappa shape index (κ1) is 28.5. The van der Waals surface area contributed by atoms with Gasteiger partial charge in [-0.25, -0.2) is 0 Å². The van der Waals surface area contributed by atoms with E-state index in [4.69, 9.17) is 13.7 Å². The number of hydrogen-bond acceptors (Lipinski definition) is 6. The van der Waals surface area contributed by atoms with Crippen LogP contribution in [0.25, 0.3) is 0 Å². The summed E-state index contributed by atoms with van der Waals surface area (Å²) in [6.45, 7) is 11.9. The molecule has 0 bridgehead atoms. The van der Waals surface area contributed by atoms with Crippen molar-refractivity contribution in [2.75, 3.05) is 6.61 Å². The van der Waals surface area contributed by atoms with Crippen LogP contribution in [0.15, 0.2) is 29.2 Å². The van der Waals surface area contributed by atoms with E-state index in [1.807, 2.05) is 19.1 Å². The lowest BCUT2D eigenvalue weighted by atomic mass is 9.44. The fraction of sp³-hybridized carbons (Fsp3) is 0.794. The van der Waals surface area contributed by atoms with Gasteiger partial charge in [0, 0.05) is 30.1 Å². The highest BCUT2D eigenvalue weighted by atomic mass is 32.2. The van der Waals surface area contributed by atoms with Crippen molar-refractivity contribution in [1.29, 1.82) is 0 Å². The van der Waals surface area contributed by atoms with Gasteiger partial charge in [0.2, 0.25) is 0 Å². The Bertz CT molecular complexity index is 1300. The third kappa shape index (κ3) is 4.18. The van der Waals surface area contributed by atoms with Crippen LogP contribution in [0.1, 0.15) is 91.0 Å². The maximum absolute atomic E-state index is 14.3. The Morgan fingerprint density at radius 3 is 2.41 bits per heavy atom. The lowest BCUT2D eigenvalue weighted by Gasteiger charge is -2.60. The average molecular weight is 585 g/mol. The predicted octanol–water partition coefficient (Wildman–Crippen LogP) is 6.69. The van der Waals surface area contributed by atoms with E-state index in [0.717, 1.165) is 63.5 Å². The average Bonchev–Trinajstić information content (AvgIpc) is 3.38. The highest BCUT2D eigenvalue weighted by Gasteiger charge is 2.71. The summed E-state index contributed by atoms with van der Waals surface area (Å²) in [5, 5.41) is 0. The number of fused-ring (bicyclic) bond motifs is 7. The van der Waals surface area contributed by atoms with E-state index in [-0.39, 0.29) is 39.8 Å². The summed E-state index contributed by atoms with van der Waals surface area (Å²) in [5.41, 5.74) is 0.726. The third-order valence-corrected chi connectivity index (χ3v) is 14.7. The maximum Gasteiger partial charge on any atom is 0.297 e. The third-order valence-electron chi connectivity index (χ3n) is 13.3. The van der Waals surface area contributed by atoms with Gasteiger partial charge in [-0.05, 0) is 99.0 Å². The Morgan fingerprint density at radius 1 is 0.951 bits per heavy atom. The number of hydrogen-bond donors (Lipinski definition) is 0. The SMILES string of the molecule is Cc1ccc(S(=O)(=O)O[C@@H]2CC[C@@]3(C)[C@@H](CC[C@H]4[C@H]3CC(=O)[C@@]3(C)[C@H]5[C@H](C[C@H]43)O[C@]3(CC[C@H](C)CO3)[C@H]5C)C2)cc1. The first-order valence-electron chi connectivity index (χ1n) is 16.2. The molecule has 226 valence electrons. The molecule has 0 N–H and O–H groups in total. The van der Waals surface area contributed by atoms with Gasteiger partial charge in [0.05, 0.1) is 23.7 Å². The number of benzene rings is 1. The molecule has 2 aliphatic heterocycles. The zero-order valence-corrected chi connectivity index (χ0v) is 26.3. The van der Waals surface area contributed by atoms with Gasteiger partial charge in [0.25, 0.3) is 10.1 Å². The topological polar surface area (TPSA) is 78.9 Å². The van der Waals surface area contributed by atoms with Gasteiger partial charge < -0.3 is 9.47 Å². The summed E-state index contributed by atoms with van der Waals surface area (Å²) in [5.74, 6) is 2.58. The summed E-state index contributed by atoms with van der Waals surface area (Å²) >= 11 is 0. The molecule has 2 saturated heterocycles. The molecule has 12 atom stereocenters. The van der Waals surface area contributed by atoms with Crippen LogP contribution >= 0.6 is 0 Å². The van der Waals surface area contributed by atoms with Crippen LogP contribution in [0.3, 0.4) is 0 Å². The fourth-order valence-corrected chi connectivity index (χ4v) is 12.1. The van der Waals surface area contributed by atoms with Gasteiger partial charge in [-0.2, -0.15) is 8.42 Å². The van der Waals surface area contributed by atoms with Crippen LogP contribution in [0.2, 0.25) is 0 Å².